The van der Waals surface area contributed by atoms with E-state index in [4.69, 9.17) is 4.42 Å². The highest BCUT2D eigenvalue weighted by molar-refractivity contribution is 9.10. The zero-order valence-corrected chi connectivity index (χ0v) is 13.7. The Hall–Kier alpha value is -2.67. The van der Waals surface area contributed by atoms with Crippen LogP contribution < -0.4 is 10.9 Å². The van der Waals surface area contributed by atoms with Crippen molar-refractivity contribution in [2.24, 2.45) is 7.05 Å². The molecule has 0 aliphatic heterocycles. The first-order valence-corrected chi connectivity index (χ1v) is 7.54. The lowest BCUT2D eigenvalue weighted by Crippen LogP contribution is -2.18. The van der Waals surface area contributed by atoms with Crippen LogP contribution in [0.4, 0.5) is 5.69 Å². The molecule has 1 aromatic carbocycles. The van der Waals surface area contributed by atoms with E-state index in [1.54, 1.807) is 43.4 Å². The standard InChI is InChI=1S/C16H12BrN3O3/c1-20-15(21)8-5-12(19-20)10-3-2-4-11(9-10)18-16(22)13-6-7-14(17)23-13/h2-9H,1H3,(H,18,22). The number of amides is 1. The fourth-order valence-electron chi connectivity index (χ4n) is 2.04. The van der Waals surface area contributed by atoms with Crippen molar-refractivity contribution in [3.05, 3.63) is 69.3 Å². The highest BCUT2D eigenvalue weighted by Gasteiger charge is 2.11. The van der Waals surface area contributed by atoms with Gasteiger partial charge in [0.15, 0.2) is 10.4 Å². The lowest BCUT2D eigenvalue weighted by Gasteiger charge is -2.07. The third-order valence-electron chi connectivity index (χ3n) is 3.17. The minimum absolute atomic E-state index is 0.179. The molecule has 0 aliphatic carbocycles. The Labute approximate surface area is 139 Å². The van der Waals surface area contributed by atoms with Crippen LogP contribution in [0, 0.1) is 0 Å². The zero-order valence-electron chi connectivity index (χ0n) is 12.1. The normalized spacial score (nSPS) is 10.5. The molecular weight excluding hydrogens is 362 g/mol. The second-order valence-electron chi connectivity index (χ2n) is 4.82. The summed E-state index contributed by atoms with van der Waals surface area (Å²) in [6.45, 7) is 0. The van der Waals surface area contributed by atoms with Crippen LogP contribution in [0.5, 0.6) is 0 Å². The summed E-state index contributed by atoms with van der Waals surface area (Å²) in [5, 5.41) is 6.95. The van der Waals surface area contributed by atoms with Crippen molar-refractivity contribution in [3.63, 3.8) is 0 Å². The molecule has 0 fully saturated rings. The van der Waals surface area contributed by atoms with Crippen molar-refractivity contribution in [1.82, 2.24) is 9.78 Å². The van der Waals surface area contributed by atoms with Crippen LogP contribution >= 0.6 is 15.9 Å². The quantitative estimate of drug-likeness (QED) is 0.765. The molecule has 0 radical (unpaired) electrons. The SMILES string of the molecule is Cn1nc(-c2cccc(NC(=O)c3ccc(Br)o3)c2)ccc1=O. The van der Waals surface area contributed by atoms with Gasteiger partial charge in [0.2, 0.25) is 0 Å². The van der Waals surface area contributed by atoms with Gasteiger partial charge in [-0.25, -0.2) is 4.68 Å². The molecule has 6 nitrogen and oxygen atoms in total. The molecule has 3 aromatic rings. The maximum Gasteiger partial charge on any atom is 0.291 e. The van der Waals surface area contributed by atoms with Gasteiger partial charge >= 0.3 is 0 Å². The Bertz CT molecular complexity index is 930. The third-order valence-corrected chi connectivity index (χ3v) is 3.60. The summed E-state index contributed by atoms with van der Waals surface area (Å²) >= 11 is 3.16. The van der Waals surface area contributed by atoms with Gasteiger partial charge < -0.3 is 9.73 Å². The number of anilines is 1. The van der Waals surface area contributed by atoms with E-state index >= 15 is 0 Å². The van der Waals surface area contributed by atoms with E-state index in [9.17, 15) is 9.59 Å². The Balaban J connectivity index is 1.86. The summed E-state index contributed by atoms with van der Waals surface area (Å²) in [4.78, 5) is 23.5. The van der Waals surface area contributed by atoms with Crippen molar-refractivity contribution < 1.29 is 9.21 Å². The number of halogens is 1. The van der Waals surface area contributed by atoms with Crippen LogP contribution in [0.25, 0.3) is 11.3 Å². The van der Waals surface area contributed by atoms with Crippen molar-refractivity contribution in [2.75, 3.05) is 5.32 Å². The van der Waals surface area contributed by atoms with E-state index < -0.39 is 0 Å². The minimum atomic E-state index is -0.346. The van der Waals surface area contributed by atoms with Gasteiger partial charge in [-0.3, -0.25) is 9.59 Å². The first-order valence-electron chi connectivity index (χ1n) is 6.74. The monoisotopic (exact) mass is 373 g/mol. The smallest absolute Gasteiger partial charge is 0.291 e. The second kappa shape index (κ2) is 6.21. The topological polar surface area (TPSA) is 77.1 Å². The molecule has 2 heterocycles. The molecule has 3 rings (SSSR count). The number of hydrogen-bond acceptors (Lipinski definition) is 4. The van der Waals surface area contributed by atoms with E-state index in [-0.39, 0.29) is 17.2 Å². The van der Waals surface area contributed by atoms with Crippen LogP contribution in [0.1, 0.15) is 10.6 Å². The number of carbonyl (C=O) groups excluding carboxylic acids is 1. The van der Waals surface area contributed by atoms with Crippen molar-refractivity contribution in [3.8, 4) is 11.3 Å². The lowest BCUT2D eigenvalue weighted by molar-refractivity contribution is 0.0995. The molecular formula is C16H12BrN3O3. The average molecular weight is 374 g/mol. The van der Waals surface area contributed by atoms with Gasteiger partial charge in [0, 0.05) is 24.4 Å². The van der Waals surface area contributed by atoms with Gasteiger partial charge in [0.25, 0.3) is 11.5 Å². The Kier molecular flexibility index (Phi) is 4.12. The number of aryl methyl sites for hydroxylation is 1. The van der Waals surface area contributed by atoms with Crippen molar-refractivity contribution in [2.45, 2.75) is 0 Å². The summed E-state index contributed by atoms with van der Waals surface area (Å²) in [6, 6.07) is 13.5. The molecule has 0 saturated heterocycles. The fraction of sp³-hybridized carbons (Fsp3) is 0.0625. The molecule has 23 heavy (non-hydrogen) atoms. The van der Waals surface area contributed by atoms with Crippen molar-refractivity contribution in [1.29, 1.82) is 0 Å². The van der Waals surface area contributed by atoms with Crippen LogP contribution in [-0.4, -0.2) is 15.7 Å². The molecule has 0 saturated carbocycles. The molecule has 7 heteroatoms. The third kappa shape index (κ3) is 3.40. The summed E-state index contributed by atoms with van der Waals surface area (Å²) in [7, 11) is 1.59. The number of hydrogen-bond donors (Lipinski definition) is 1. The summed E-state index contributed by atoms with van der Waals surface area (Å²) in [6.07, 6.45) is 0. The summed E-state index contributed by atoms with van der Waals surface area (Å²) in [5.41, 5.74) is 1.86. The molecule has 116 valence electrons. The first kappa shape index (κ1) is 15.2. The number of furan rings is 1. The van der Waals surface area contributed by atoms with E-state index in [0.717, 1.165) is 5.56 Å². The molecule has 0 spiro atoms. The second-order valence-corrected chi connectivity index (χ2v) is 5.60. The van der Waals surface area contributed by atoms with Gasteiger partial charge in [-0.1, -0.05) is 12.1 Å². The summed E-state index contributed by atoms with van der Waals surface area (Å²) < 4.78 is 6.97. The molecule has 1 amide bonds. The van der Waals surface area contributed by atoms with Crippen LogP contribution in [0.15, 0.2) is 62.4 Å². The number of aromatic nitrogens is 2. The minimum Gasteiger partial charge on any atom is -0.444 e. The van der Waals surface area contributed by atoms with E-state index in [2.05, 4.69) is 26.3 Å². The highest BCUT2D eigenvalue weighted by Crippen LogP contribution is 2.21. The van der Waals surface area contributed by atoms with E-state index in [1.165, 1.54) is 10.7 Å². The van der Waals surface area contributed by atoms with Gasteiger partial charge in [-0.2, -0.15) is 5.10 Å². The molecule has 0 bridgehead atoms. The number of carbonyl (C=O) groups is 1. The fourth-order valence-corrected chi connectivity index (χ4v) is 2.35. The average Bonchev–Trinajstić information content (AvgIpc) is 2.97. The molecule has 0 unspecified atom stereocenters. The number of benzene rings is 1. The van der Waals surface area contributed by atoms with Crippen LogP contribution in [0.2, 0.25) is 0 Å². The summed E-state index contributed by atoms with van der Waals surface area (Å²) in [5.74, 6) is -0.135. The number of nitrogens with one attached hydrogen (secondary N) is 1. The molecule has 0 aliphatic rings. The van der Waals surface area contributed by atoms with Gasteiger partial charge in [0.05, 0.1) is 5.69 Å². The van der Waals surface area contributed by atoms with Gasteiger partial charge in [-0.05, 0) is 46.3 Å². The number of rotatable bonds is 3. The predicted molar refractivity (Wildman–Crippen MR) is 89.3 cm³/mol. The first-order chi connectivity index (χ1) is 11.0. The Morgan fingerprint density at radius 3 is 2.74 bits per heavy atom. The van der Waals surface area contributed by atoms with Gasteiger partial charge in [0.1, 0.15) is 0 Å². The largest absolute Gasteiger partial charge is 0.444 e. The molecule has 1 N–H and O–H groups in total. The maximum absolute atomic E-state index is 12.1. The molecule has 0 atom stereocenters. The zero-order chi connectivity index (χ0) is 16.4. The Morgan fingerprint density at radius 2 is 2.04 bits per heavy atom. The maximum atomic E-state index is 12.1. The van der Waals surface area contributed by atoms with Crippen LogP contribution in [-0.2, 0) is 7.05 Å². The van der Waals surface area contributed by atoms with E-state index in [0.29, 0.717) is 16.1 Å². The van der Waals surface area contributed by atoms with Gasteiger partial charge in [-0.15, -0.1) is 0 Å². The highest BCUT2D eigenvalue weighted by atomic mass is 79.9. The van der Waals surface area contributed by atoms with E-state index in [1.807, 2.05) is 6.07 Å². The Morgan fingerprint density at radius 1 is 1.22 bits per heavy atom. The lowest BCUT2D eigenvalue weighted by atomic mass is 10.1. The van der Waals surface area contributed by atoms with Crippen molar-refractivity contribution >= 4 is 27.5 Å². The molecule has 2 aromatic heterocycles. The predicted octanol–water partition coefficient (Wildman–Crippen LogP) is 3.06. The number of nitrogens with zero attached hydrogens (tertiary/aromatic N) is 2. The van der Waals surface area contributed by atoms with Crippen LogP contribution in [0.3, 0.4) is 0 Å².